The van der Waals surface area contributed by atoms with E-state index in [0.717, 1.165) is 37.6 Å². The number of nitrogen functional groups attached to an aromatic ring is 1. The quantitative estimate of drug-likeness (QED) is 0.268. The topological polar surface area (TPSA) is 119 Å². The number of aryl methyl sites for hydroxylation is 1. The van der Waals surface area contributed by atoms with Crippen molar-refractivity contribution in [3.8, 4) is 16.9 Å². The summed E-state index contributed by atoms with van der Waals surface area (Å²) >= 11 is 0. The molecule has 0 amide bonds. The van der Waals surface area contributed by atoms with E-state index in [9.17, 15) is 17.2 Å². The van der Waals surface area contributed by atoms with Gasteiger partial charge in [0.15, 0.2) is 9.84 Å². The molecule has 1 aliphatic rings. The van der Waals surface area contributed by atoms with Crippen LogP contribution in [0.3, 0.4) is 0 Å². The Labute approximate surface area is 234 Å². The zero-order valence-corrected chi connectivity index (χ0v) is 23.6. The van der Waals surface area contributed by atoms with Crippen molar-refractivity contribution in [2.75, 3.05) is 24.1 Å². The van der Waals surface area contributed by atoms with Gasteiger partial charge in [0, 0.05) is 17.3 Å². The Morgan fingerprint density at radius 3 is 2.50 bits per heavy atom. The SMILES string of the molecule is C=CC(C(F)F)S(=O)(=O)c1ccccc1-c1cnc(Nc2cc(C)c(C3CCNCC3)cc2OC(C)C)nc1N. The summed E-state index contributed by atoms with van der Waals surface area (Å²) in [6.07, 6.45) is 1.02. The number of halogens is 2. The molecular weight excluding hydrogens is 536 g/mol. The van der Waals surface area contributed by atoms with E-state index >= 15 is 0 Å². The number of nitrogens with two attached hydrogens (primary N) is 1. The summed E-state index contributed by atoms with van der Waals surface area (Å²) in [4.78, 5) is 8.43. The van der Waals surface area contributed by atoms with Crippen molar-refractivity contribution in [3.63, 3.8) is 0 Å². The zero-order valence-electron chi connectivity index (χ0n) is 22.8. The maximum Gasteiger partial charge on any atom is 0.259 e. The highest BCUT2D eigenvalue weighted by atomic mass is 32.2. The van der Waals surface area contributed by atoms with Crippen LogP contribution in [-0.2, 0) is 9.84 Å². The Balaban J connectivity index is 1.69. The number of benzene rings is 2. The summed E-state index contributed by atoms with van der Waals surface area (Å²) in [6, 6.07) is 9.87. The third kappa shape index (κ3) is 6.26. The van der Waals surface area contributed by atoms with Crippen molar-refractivity contribution in [1.29, 1.82) is 0 Å². The molecule has 4 rings (SSSR count). The van der Waals surface area contributed by atoms with Gasteiger partial charge in [-0.1, -0.05) is 24.3 Å². The smallest absolute Gasteiger partial charge is 0.259 e. The van der Waals surface area contributed by atoms with Gasteiger partial charge in [-0.25, -0.2) is 22.2 Å². The average molecular weight is 572 g/mol. The van der Waals surface area contributed by atoms with Gasteiger partial charge in [0.2, 0.25) is 5.95 Å². The molecule has 2 heterocycles. The summed E-state index contributed by atoms with van der Waals surface area (Å²) in [5.74, 6) is 1.28. The first kappa shape index (κ1) is 29.4. The molecule has 214 valence electrons. The molecule has 4 N–H and O–H groups in total. The largest absolute Gasteiger partial charge is 0.489 e. The van der Waals surface area contributed by atoms with Gasteiger partial charge < -0.3 is 21.1 Å². The Hall–Kier alpha value is -3.57. The Morgan fingerprint density at radius 1 is 1.18 bits per heavy atom. The first-order valence-corrected chi connectivity index (χ1v) is 14.7. The number of hydrogen-bond donors (Lipinski definition) is 3. The van der Waals surface area contributed by atoms with Crippen molar-refractivity contribution in [3.05, 3.63) is 66.4 Å². The number of sulfone groups is 1. The highest BCUT2D eigenvalue weighted by Gasteiger charge is 2.35. The number of hydrogen-bond acceptors (Lipinski definition) is 8. The van der Waals surface area contributed by atoms with Crippen LogP contribution in [0.4, 0.5) is 26.2 Å². The molecule has 1 atom stereocenters. The minimum absolute atomic E-state index is 0.0123. The fourth-order valence-electron chi connectivity index (χ4n) is 4.96. The molecule has 3 aromatic rings. The van der Waals surface area contributed by atoms with Crippen molar-refractivity contribution >= 4 is 27.3 Å². The first-order chi connectivity index (χ1) is 19.0. The Bertz CT molecular complexity index is 1470. The van der Waals surface area contributed by atoms with E-state index in [1.807, 2.05) is 19.9 Å². The van der Waals surface area contributed by atoms with Crippen LogP contribution in [0.2, 0.25) is 0 Å². The molecule has 1 aromatic heterocycles. The van der Waals surface area contributed by atoms with Gasteiger partial charge in [0.05, 0.1) is 16.7 Å². The Morgan fingerprint density at radius 2 is 1.88 bits per heavy atom. The second kappa shape index (κ2) is 12.3. The zero-order chi connectivity index (χ0) is 29.0. The first-order valence-electron chi connectivity index (χ1n) is 13.2. The number of aromatic nitrogens is 2. The van der Waals surface area contributed by atoms with E-state index in [1.54, 1.807) is 6.07 Å². The van der Waals surface area contributed by atoms with Crippen LogP contribution in [0, 0.1) is 6.92 Å². The number of nitrogens with zero attached hydrogens (tertiary/aromatic N) is 2. The fourth-order valence-corrected chi connectivity index (χ4v) is 6.53. The molecule has 1 saturated heterocycles. The normalized spacial score (nSPS) is 15.3. The lowest BCUT2D eigenvalue weighted by Crippen LogP contribution is -2.27. The van der Waals surface area contributed by atoms with Crippen LogP contribution in [0.1, 0.15) is 43.7 Å². The minimum atomic E-state index is -4.46. The number of piperidine rings is 1. The maximum absolute atomic E-state index is 13.5. The molecule has 11 heteroatoms. The Kier molecular flexibility index (Phi) is 9.05. The summed E-state index contributed by atoms with van der Waals surface area (Å²) in [5.41, 5.74) is 9.64. The van der Waals surface area contributed by atoms with Crippen LogP contribution in [0.25, 0.3) is 11.1 Å². The fraction of sp³-hybridized carbons (Fsp3) is 0.379. The number of alkyl halides is 2. The van der Waals surface area contributed by atoms with E-state index < -0.39 is 21.5 Å². The van der Waals surface area contributed by atoms with Crippen molar-refractivity contribution in [2.45, 2.75) is 62.2 Å². The second-order valence-corrected chi connectivity index (χ2v) is 12.2. The molecule has 0 radical (unpaired) electrons. The van der Waals surface area contributed by atoms with Crippen molar-refractivity contribution in [2.24, 2.45) is 0 Å². The van der Waals surface area contributed by atoms with Gasteiger partial charge in [-0.15, -0.1) is 6.58 Å². The van der Waals surface area contributed by atoms with Gasteiger partial charge >= 0.3 is 0 Å². The summed E-state index contributed by atoms with van der Waals surface area (Å²) in [6.45, 7) is 11.2. The van der Waals surface area contributed by atoms with E-state index in [-0.39, 0.29) is 33.9 Å². The monoisotopic (exact) mass is 571 g/mol. The summed E-state index contributed by atoms with van der Waals surface area (Å²) < 4.78 is 59.2. The molecule has 0 spiro atoms. The van der Waals surface area contributed by atoms with Crippen LogP contribution in [0.15, 0.2) is 60.1 Å². The second-order valence-electron chi connectivity index (χ2n) is 10.1. The number of ether oxygens (including phenoxy) is 1. The third-order valence-electron chi connectivity index (χ3n) is 6.90. The summed E-state index contributed by atoms with van der Waals surface area (Å²) in [5, 5.41) is 4.52. The van der Waals surface area contributed by atoms with E-state index in [2.05, 4.69) is 40.2 Å². The van der Waals surface area contributed by atoms with Gasteiger partial charge in [0.1, 0.15) is 16.8 Å². The standard InChI is InChI=1S/C29H35F2N5O3S/c1-5-25(27(30)31)40(37,38)26-9-7-6-8-20(26)22-16-34-29(36-28(22)32)35-23-14-18(4)21(15-24(23)39-17(2)3)19-10-12-33-13-11-19/h5-9,14-17,19,25,27,33H,1,10-13H2,2-4H3,(H3,32,34,35,36). The molecule has 1 aliphatic heterocycles. The highest BCUT2D eigenvalue weighted by Crippen LogP contribution is 2.38. The molecule has 1 unspecified atom stereocenters. The van der Waals surface area contributed by atoms with Crippen LogP contribution in [-0.4, -0.2) is 49.3 Å². The van der Waals surface area contributed by atoms with Gasteiger partial charge in [0.25, 0.3) is 6.43 Å². The van der Waals surface area contributed by atoms with Crippen LogP contribution in [0.5, 0.6) is 5.75 Å². The highest BCUT2D eigenvalue weighted by molar-refractivity contribution is 7.92. The van der Waals surface area contributed by atoms with Gasteiger partial charge in [-0.3, -0.25) is 0 Å². The molecule has 2 aromatic carbocycles. The van der Waals surface area contributed by atoms with Crippen molar-refractivity contribution in [1.82, 2.24) is 15.3 Å². The maximum atomic E-state index is 13.5. The lowest BCUT2D eigenvalue weighted by Gasteiger charge is -2.26. The molecule has 0 saturated carbocycles. The van der Waals surface area contributed by atoms with E-state index in [1.165, 1.54) is 30.0 Å². The molecule has 1 fully saturated rings. The van der Waals surface area contributed by atoms with Crippen LogP contribution >= 0.6 is 0 Å². The number of anilines is 3. The van der Waals surface area contributed by atoms with Gasteiger partial charge in [-0.2, -0.15) is 4.98 Å². The van der Waals surface area contributed by atoms with Crippen molar-refractivity contribution < 1.29 is 21.9 Å². The molecule has 0 aliphatic carbocycles. The average Bonchev–Trinajstić information content (AvgIpc) is 2.90. The predicted octanol–water partition coefficient (Wildman–Crippen LogP) is 5.63. The third-order valence-corrected chi connectivity index (χ3v) is 8.98. The lowest BCUT2D eigenvalue weighted by atomic mass is 9.87. The number of rotatable bonds is 10. The molecule has 0 bridgehead atoms. The van der Waals surface area contributed by atoms with Crippen LogP contribution < -0.4 is 21.1 Å². The number of nitrogens with one attached hydrogen (secondary N) is 2. The van der Waals surface area contributed by atoms with E-state index in [4.69, 9.17) is 10.5 Å². The predicted molar refractivity (Wildman–Crippen MR) is 154 cm³/mol. The lowest BCUT2D eigenvalue weighted by molar-refractivity contribution is 0.155. The molecular formula is C29H35F2N5O3S. The minimum Gasteiger partial charge on any atom is -0.489 e. The van der Waals surface area contributed by atoms with E-state index in [0.29, 0.717) is 17.4 Å². The molecule has 40 heavy (non-hydrogen) atoms. The molecule has 8 nitrogen and oxygen atoms in total. The summed E-state index contributed by atoms with van der Waals surface area (Å²) in [7, 11) is -4.46. The van der Waals surface area contributed by atoms with Gasteiger partial charge in [-0.05, 0) is 81.9 Å².